The molecule has 96 valence electrons. The van der Waals surface area contributed by atoms with Crippen molar-refractivity contribution in [2.24, 2.45) is 7.05 Å². The SMILES string of the molecule is Cn1c(-c2c(Cl)cccc2Cl)nc2ccnc(Cl)c21. The number of aryl methyl sites for hydroxylation is 1. The molecule has 0 saturated carbocycles. The summed E-state index contributed by atoms with van der Waals surface area (Å²) in [5.41, 5.74) is 2.21. The lowest BCUT2D eigenvalue weighted by Crippen LogP contribution is -1.94. The monoisotopic (exact) mass is 311 g/mol. The summed E-state index contributed by atoms with van der Waals surface area (Å²) in [6, 6.07) is 7.16. The van der Waals surface area contributed by atoms with Crippen LogP contribution in [0.1, 0.15) is 0 Å². The van der Waals surface area contributed by atoms with E-state index in [1.807, 2.05) is 11.6 Å². The molecule has 6 heteroatoms. The van der Waals surface area contributed by atoms with Crippen LogP contribution in [0.15, 0.2) is 30.5 Å². The maximum Gasteiger partial charge on any atom is 0.154 e. The molecule has 0 aliphatic heterocycles. The average Bonchev–Trinajstić information content (AvgIpc) is 2.68. The van der Waals surface area contributed by atoms with E-state index in [4.69, 9.17) is 34.8 Å². The number of halogens is 3. The van der Waals surface area contributed by atoms with Crippen LogP contribution in [0.25, 0.3) is 22.4 Å². The number of nitrogens with zero attached hydrogens (tertiary/aromatic N) is 3. The van der Waals surface area contributed by atoms with Gasteiger partial charge in [0.25, 0.3) is 0 Å². The van der Waals surface area contributed by atoms with Gasteiger partial charge in [0.15, 0.2) is 5.15 Å². The van der Waals surface area contributed by atoms with Gasteiger partial charge in [-0.1, -0.05) is 40.9 Å². The Labute approximate surface area is 124 Å². The number of fused-ring (bicyclic) bond motifs is 1. The topological polar surface area (TPSA) is 30.7 Å². The molecule has 0 amide bonds. The zero-order valence-electron chi connectivity index (χ0n) is 9.86. The molecule has 0 spiro atoms. The molecule has 0 saturated heterocycles. The smallest absolute Gasteiger partial charge is 0.154 e. The van der Waals surface area contributed by atoms with E-state index < -0.39 is 0 Å². The number of benzene rings is 1. The first-order chi connectivity index (χ1) is 9.09. The van der Waals surface area contributed by atoms with Crippen molar-refractivity contribution < 1.29 is 0 Å². The third-order valence-corrected chi connectivity index (χ3v) is 3.83. The van der Waals surface area contributed by atoms with Crippen LogP contribution in [-0.2, 0) is 7.05 Å². The quantitative estimate of drug-likeness (QED) is 0.615. The van der Waals surface area contributed by atoms with Crippen molar-refractivity contribution in [3.05, 3.63) is 45.7 Å². The normalized spacial score (nSPS) is 11.2. The Morgan fingerprint density at radius 1 is 1.05 bits per heavy atom. The summed E-state index contributed by atoms with van der Waals surface area (Å²) in [5, 5.41) is 1.51. The van der Waals surface area contributed by atoms with Crippen LogP contribution in [0.3, 0.4) is 0 Å². The van der Waals surface area contributed by atoms with E-state index in [2.05, 4.69) is 9.97 Å². The molecule has 0 aliphatic rings. The van der Waals surface area contributed by atoms with E-state index >= 15 is 0 Å². The van der Waals surface area contributed by atoms with Crippen LogP contribution < -0.4 is 0 Å². The molecule has 0 radical (unpaired) electrons. The third-order valence-electron chi connectivity index (χ3n) is 2.92. The zero-order valence-corrected chi connectivity index (χ0v) is 12.1. The Bertz CT molecular complexity index is 760. The average molecular weight is 313 g/mol. The van der Waals surface area contributed by atoms with Gasteiger partial charge >= 0.3 is 0 Å². The second-order valence-electron chi connectivity index (χ2n) is 4.06. The Hall–Kier alpha value is -1.29. The summed E-state index contributed by atoms with van der Waals surface area (Å²) in [5.74, 6) is 0.667. The van der Waals surface area contributed by atoms with Crippen LogP contribution >= 0.6 is 34.8 Å². The minimum Gasteiger partial charge on any atom is -0.324 e. The van der Waals surface area contributed by atoms with Gasteiger partial charge in [0.2, 0.25) is 0 Å². The molecule has 0 aliphatic carbocycles. The molecule has 2 aromatic heterocycles. The second kappa shape index (κ2) is 4.67. The van der Waals surface area contributed by atoms with Gasteiger partial charge in [0.05, 0.1) is 21.1 Å². The predicted octanol–water partition coefficient (Wildman–Crippen LogP) is 4.60. The standard InChI is InChI=1S/C13H8Cl3N3/c1-19-11-9(5-6-17-12(11)16)18-13(19)10-7(14)3-2-4-8(10)15/h2-6H,1H3. The number of imidazole rings is 1. The number of aromatic nitrogens is 3. The van der Waals surface area contributed by atoms with Gasteiger partial charge in [0, 0.05) is 13.2 Å². The maximum absolute atomic E-state index is 6.22. The molecule has 0 N–H and O–H groups in total. The van der Waals surface area contributed by atoms with E-state index in [0.717, 1.165) is 11.0 Å². The number of hydrogen-bond donors (Lipinski definition) is 0. The number of pyridine rings is 1. The fourth-order valence-electron chi connectivity index (χ4n) is 2.05. The van der Waals surface area contributed by atoms with Crippen molar-refractivity contribution in [1.29, 1.82) is 0 Å². The highest BCUT2D eigenvalue weighted by Crippen LogP contribution is 2.36. The van der Waals surface area contributed by atoms with Crippen molar-refractivity contribution in [2.75, 3.05) is 0 Å². The Morgan fingerprint density at radius 3 is 2.37 bits per heavy atom. The van der Waals surface area contributed by atoms with E-state index in [9.17, 15) is 0 Å². The molecule has 3 rings (SSSR count). The third kappa shape index (κ3) is 1.98. The van der Waals surface area contributed by atoms with Crippen LogP contribution in [0.5, 0.6) is 0 Å². The van der Waals surface area contributed by atoms with Gasteiger partial charge in [-0.2, -0.15) is 0 Å². The van der Waals surface area contributed by atoms with Crippen molar-refractivity contribution in [3.63, 3.8) is 0 Å². The molecule has 0 atom stereocenters. The maximum atomic E-state index is 6.22. The van der Waals surface area contributed by atoms with E-state index in [1.165, 1.54) is 0 Å². The largest absolute Gasteiger partial charge is 0.324 e. The Morgan fingerprint density at radius 2 is 1.74 bits per heavy atom. The highest BCUT2D eigenvalue weighted by Gasteiger charge is 2.17. The van der Waals surface area contributed by atoms with Gasteiger partial charge < -0.3 is 4.57 Å². The van der Waals surface area contributed by atoms with Crippen LogP contribution in [-0.4, -0.2) is 14.5 Å². The van der Waals surface area contributed by atoms with Crippen LogP contribution in [0.2, 0.25) is 15.2 Å². The lowest BCUT2D eigenvalue weighted by molar-refractivity contribution is 0.956. The highest BCUT2D eigenvalue weighted by molar-refractivity contribution is 6.39. The van der Waals surface area contributed by atoms with Gasteiger partial charge in [-0.25, -0.2) is 9.97 Å². The van der Waals surface area contributed by atoms with Gasteiger partial charge in [-0.3, -0.25) is 0 Å². The van der Waals surface area contributed by atoms with Crippen molar-refractivity contribution in [1.82, 2.24) is 14.5 Å². The molecule has 2 heterocycles. The first-order valence-corrected chi connectivity index (χ1v) is 6.64. The van der Waals surface area contributed by atoms with E-state index in [1.54, 1.807) is 30.5 Å². The molecular weight excluding hydrogens is 305 g/mol. The summed E-state index contributed by atoms with van der Waals surface area (Å²) in [6.07, 6.45) is 1.62. The minimum atomic E-state index is 0.405. The molecule has 0 unspecified atom stereocenters. The fourth-order valence-corrected chi connectivity index (χ4v) is 2.90. The Balaban J connectivity index is 2.38. The predicted molar refractivity (Wildman–Crippen MR) is 79.0 cm³/mol. The van der Waals surface area contributed by atoms with Crippen molar-refractivity contribution in [3.8, 4) is 11.4 Å². The highest BCUT2D eigenvalue weighted by atomic mass is 35.5. The minimum absolute atomic E-state index is 0.405. The first-order valence-electron chi connectivity index (χ1n) is 5.51. The summed E-state index contributed by atoms with van der Waals surface area (Å²) in [4.78, 5) is 8.59. The molecular formula is C13H8Cl3N3. The van der Waals surface area contributed by atoms with Crippen LogP contribution in [0.4, 0.5) is 0 Å². The number of rotatable bonds is 1. The summed E-state index contributed by atoms with van der Waals surface area (Å²) in [7, 11) is 1.86. The summed E-state index contributed by atoms with van der Waals surface area (Å²) >= 11 is 18.5. The molecule has 3 nitrogen and oxygen atoms in total. The van der Waals surface area contributed by atoms with Crippen LogP contribution in [0, 0.1) is 0 Å². The number of hydrogen-bond acceptors (Lipinski definition) is 2. The lowest BCUT2D eigenvalue weighted by atomic mass is 10.2. The molecule has 3 aromatic rings. The van der Waals surface area contributed by atoms with Crippen molar-refractivity contribution in [2.45, 2.75) is 0 Å². The molecule has 0 bridgehead atoms. The molecule has 19 heavy (non-hydrogen) atoms. The summed E-state index contributed by atoms with van der Waals surface area (Å²) in [6.45, 7) is 0. The fraction of sp³-hybridized carbons (Fsp3) is 0.0769. The second-order valence-corrected chi connectivity index (χ2v) is 5.23. The zero-order chi connectivity index (χ0) is 13.6. The Kier molecular flexibility index (Phi) is 3.13. The van der Waals surface area contributed by atoms with Gasteiger partial charge in [-0.15, -0.1) is 0 Å². The lowest BCUT2D eigenvalue weighted by Gasteiger charge is -2.07. The van der Waals surface area contributed by atoms with Gasteiger partial charge in [-0.05, 0) is 18.2 Å². The van der Waals surface area contributed by atoms with Gasteiger partial charge in [0.1, 0.15) is 11.3 Å². The molecule has 1 aromatic carbocycles. The first kappa shape index (κ1) is 12.7. The molecule has 0 fully saturated rings. The summed E-state index contributed by atoms with van der Waals surface area (Å²) < 4.78 is 1.84. The van der Waals surface area contributed by atoms with E-state index in [-0.39, 0.29) is 0 Å². The van der Waals surface area contributed by atoms with E-state index in [0.29, 0.717) is 26.6 Å². The van der Waals surface area contributed by atoms with Crippen molar-refractivity contribution >= 4 is 45.8 Å².